The Morgan fingerprint density at radius 2 is 1.82 bits per heavy atom. The van der Waals surface area contributed by atoms with Gasteiger partial charge in [-0.2, -0.15) is 0 Å². The van der Waals surface area contributed by atoms with Gasteiger partial charge < -0.3 is 0 Å². The number of rotatable bonds is 4. The molecule has 0 nitrogen and oxygen atoms in total. The summed E-state index contributed by atoms with van der Waals surface area (Å²) in [6.45, 7) is 11.2. The number of allylic oxidation sites excluding steroid dienone is 2. The molecule has 0 aromatic carbocycles. The Kier molecular flexibility index (Phi) is 5.27. The van der Waals surface area contributed by atoms with Crippen LogP contribution in [0.1, 0.15) is 47.5 Å². The standard InChI is InChI=1S/C11H22/c1-6-10(4)8-11(5)7-9(2)3/h7,10-11H,6,8H2,1-5H3/t10-,11+/m0/s1. The molecule has 0 spiro atoms. The highest BCUT2D eigenvalue weighted by molar-refractivity contribution is 4.96. The maximum Gasteiger partial charge on any atom is -0.0257 e. The Hall–Kier alpha value is -0.260. The van der Waals surface area contributed by atoms with E-state index < -0.39 is 0 Å². The fraction of sp³-hybridized carbons (Fsp3) is 0.818. The van der Waals surface area contributed by atoms with Crippen LogP contribution in [0.4, 0.5) is 0 Å². The maximum atomic E-state index is 2.37. The van der Waals surface area contributed by atoms with E-state index in [0.717, 1.165) is 11.8 Å². The van der Waals surface area contributed by atoms with Gasteiger partial charge in [0.1, 0.15) is 0 Å². The summed E-state index contributed by atoms with van der Waals surface area (Å²) in [5.41, 5.74) is 1.45. The molecule has 11 heavy (non-hydrogen) atoms. The SMILES string of the molecule is CC[C@H](C)C[C@H](C)C=C(C)C. The summed E-state index contributed by atoms with van der Waals surface area (Å²) in [5.74, 6) is 1.63. The van der Waals surface area contributed by atoms with E-state index in [1.807, 2.05) is 0 Å². The Bertz CT molecular complexity index is 118. The van der Waals surface area contributed by atoms with Gasteiger partial charge in [0.2, 0.25) is 0 Å². The lowest BCUT2D eigenvalue weighted by Crippen LogP contribution is -1.99. The van der Waals surface area contributed by atoms with Crippen LogP contribution in [0.5, 0.6) is 0 Å². The van der Waals surface area contributed by atoms with Crippen LogP contribution < -0.4 is 0 Å². The zero-order valence-corrected chi connectivity index (χ0v) is 8.65. The summed E-state index contributed by atoms with van der Waals surface area (Å²) >= 11 is 0. The molecular formula is C11H22. The molecule has 0 unspecified atom stereocenters. The summed E-state index contributed by atoms with van der Waals surface area (Å²) in [4.78, 5) is 0. The van der Waals surface area contributed by atoms with Crippen molar-refractivity contribution in [2.45, 2.75) is 47.5 Å². The highest BCUT2D eigenvalue weighted by Gasteiger charge is 2.03. The first-order valence-electron chi connectivity index (χ1n) is 4.71. The van der Waals surface area contributed by atoms with Crippen LogP contribution in [0.3, 0.4) is 0 Å². The van der Waals surface area contributed by atoms with Gasteiger partial charge in [0, 0.05) is 0 Å². The van der Waals surface area contributed by atoms with Gasteiger partial charge >= 0.3 is 0 Å². The summed E-state index contributed by atoms with van der Waals surface area (Å²) in [7, 11) is 0. The van der Waals surface area contributed by atoms with Crippen molar-refractivity contribution in [2.24, 2.45) is 11.8 Å². The first-order valence-corrected chi connectivity index (χ1v) is 4.71. The van der Waals surface area contributed by atoms with Crippen molar-refractivity contribution in [1.82, 2.24) is 0 Å². The molecule has 0 bridgehead atoms. The van der Waals surface area contributed by atoms with E-state index >= 15 is 0 Å². The van der Waals surface area contributed by atoms with E-state index in [2.05, 4.69) is 40.7 Å². The first-order chi connectivity index (χ1) is 5.06. The molecule has 0 fully saturated rings. The molecule has 0 aromatic heterocycles. The molecule has 66 valence electrons. The van der Waals surface area contributed by atoms with Gasteiger partial charge in [0.25, 0.3) is 0 Å². The van der Waals surface area contributed by atoms with Gasteiger partial charge in [-0.05, 0) is 32.1 Å². The highest BCUT2D eigenvalue weighted by atomic mass is 14.1. The van der Waals surface area contributed by atoms with Crippen molar-refractivity contribution in [1.29, 1.82) is 0 Å². The molecule has 0 rings (SSSR count). The highest BCUT2D eigenvalue weighted by Crippen LogP contribution is 2.16. The molecule has 0 heterocycles. The largest absolute Gasteiger partial charge is 0.0830 e. The Morgan fingerprint density at radius 1 is 1.27 bits per heavy atom. The molecule has 0 saturated heterocycles. The predicted octanol–water partition coefficient (Wildman–Crippen LogP) is 4.02. The van der Waals surface area contributed by atoms with E-state index in [1.165, 1.54) is 18.4 Å². The van der Waals surface area contributed by atoms with Gasteiger partial charge in [-0.3, -0.25) is 0 Å². The summed E-state index contributed by atoms with van der Waals surface area (Å²) in [6, 6.07) is 0. The minimum absolute atomic E-state index is 0.759. The molecule has 0 radical (unpaired) electrons. The topological polar surface area (TPSA) is 0 Å². The van der Waals surface area contributed by atoms with Crippen molar-refractivity contribution in [3.8, 4) is 0 Å². The fourth-order valence-electron chi connectivity index (χ4n) is 1.44. The molecular weight excluding hydrogens is 132 g/mol. The molecule has 0 N–H and O–H groups in total. The van der Waals surface area contributed by atoms with Crippen molar-refractivity contribution >= 4 is 0 Å². The van der Waals surface area contributed by atoms with Gasteiger partial charge in [-0.25, -0.2) is 0 Å². The third-order valence-electron chi connectivity index (χ3n) is 2.09. The molecule has 0 aromatic rings. The van der Waals surface area contributed by atoms with Gasteiger partial charge in [0.05, 0.1) is 0 Å². The van der Waals surface area contributed by atoms with Gasteiger partial charge in [-0.15, -0.1) is 0 Å². The van der Waals surface area contributed by atoms with Crippen LogP contribution in [0.25, 0.3) is 0 Å². The third-order valence-corrected chi connectivity index (χ3v) is 2.09. The monoisotopic (exact) mass is 154 g/mol. The van der Waals surface area contributed by atoms with E-state index in [1.54, 1.807) is 0 Å². The van der Waals surface area contributed by atoms with Crippen molar-refractivity contribution in [3.05, 3.63) is 11.6 Å². The lowest BCUT2D eigenvalue weighted by Gasteiger charge is -2.12. The lowest BCUT2D eigenvalue weighted by atomic mass is 9.94. The lowest BCUT2D eigenvalue weighted by molar-refractivity contribution is 0.454. The summed E-state index contributed by atoms with van der Waals surface area (Å²) in [6.07, 6.45) is 5.01. The Labute approximate surface area is 71.7 Å². The van der Waals surface area contributed by atoms with Crippen molar-refractivity contribution in [2.75, 3.05) is 0 Å². The number of hydrogen-bond acceptors (Lipinski definition) is 0. The maximum absolute atomic E-state index is 2.37. The molecule has 0 amide bonds. The van der Waals surface area contributed by atoms with Crippen LogP contribution >= 0.6 is 0 Å². The quantitative estimate of drug-likeness (QED) is 0.536. The average Bonchev–Trinajstić information content (AvgIpc) is 1.85. The van der Waals surface area contributed by atoms with Gasteiger partial charge in [-0.1, -0.05) is 38.8 Å². The van der Waals surface area contributed by atoms with Gasteiger partial charge in [0.15, 0.2) is 0 Å². The van der Waals surface area contributed by atoms with Crippen LogP contribution in [-0.4, -0.2) is 0 Å². The molecule has 0 aliphatic heterocycles. The molecule has 0 aliphatic carbocycles. The zero-order valence-electron chi connectivity index (χ0n) is 8.65. The molecule has 0 aliphatic rings. The van der Waals surface area contributed by atoms with Crippen LogP contribution in [-0.2, 0) is 0 Å². The number of hydrogen-bond donors (Lipinski definition) is 0. The minimum Gasteiger partial charge on any atom is -0.0830 e. The first kappa shape index (κ1) is 10.7. The van der Waals surface area contributed by atoms with E-state index in [0.29, 0.717) is 0 Å². The fourth-order valence-corrected chi connectivity index (χ4v) is 1.44. The Balaban J connectivity index is 3.69. The molecule has 2 atom stereocenters. The average molecular weight is 154 g/mol. The van der Waals surface area contributed by atoms with Crippen molar-refractivity contribution in [3.63, 3.8) is 0 Å². The van der Waals surface area contributed by atoms with E-state index in [-0.39, 0.29) is 0 Å². The summed E-state index contributed by atoms with van der Waals surface area (Å²) < 4.78 is 0. The van der Waals surface area contributed by atoms with Crippen LogP contribution in [0, 0.1) is 11.8 Å². The van der Waals surface area contributed by atoms with Crippen molar-refractivity contribution < 1.29 is 0 Å². The van der Waals surface area contributed by atoms with Crippen LogP contribution in [0.2, 0.25) is 0 Å². The second kappa shape index (κ2) is 5.40. The van der Waals surface area contributed by atoms with E-state index in [9.17, 15) is 0 Å². The Morgan fingerprint density at radius 3 is 2.18 bits per heavy atom. The van der Waals surface area contributed by atoms with Crippen LogP contribution in [0.15, 0.2) is 11.6 Å². The van der Waals surface area contributed by atoms with E-state index in [4.69, 9.17) is 0 Å². The molecule has 0 saturated carbocycles. The minimum atomic E-state index is 0.759. The summed E-state index contributed by atoms with van der Waals surface area (Å²) in [5, 5.41) is 0. The second-order valence-electron chi connectivity index (χ2n) is 3.97. The third kappa shape index (κ3) is 6.15. The zero-order chi connectivity index (χ0) is 8.85. The molecule has 0 heteroatoms. The normalized spacial score (nSPS) is 15.7. The smallest absolute Gasteiger partial charge is 0.0257 e. The second-order valence-corrected chi connectivity index (χ2v) is 3.97. The predicted molar refractivity (Wildman–Crippen MR) is 52.7 cm³/mol.